The van der Waals surface area contributed by atoms with Gasteiger partial charge in [-0.1, -0.05) is 13.3 Å². The maximum absolute atomic E-state index is 6.24. The molecule has 1 saturated carbocycles. The summed E-state index contributed by atoms with van der Waals surface area (Å²) in [6, 6.07) is 0.399. The standard InChI is InChI=1S/C13H26N2O/c1-13(7-3-6-12(13)14)10-15-8-4-5-11(9-15)16-2/h11-12H,3-10,14H2,1-2H3. The quantitative estimate of drug-likeness (QED) is 0.794. The lowest BCUT2D eigenvalue weighted by Gasteiger charge is -2.39. The van der Waals surface area contributed by atoms with Crippen LogP contribution in [0.25, 0.3) is 0 Å². The summed E-state index contributed by atoms with van der Waals surface area (Å²) in [5, 5.41) is 0. The number of likely N-dealkylation sites (tertiary alicyclic amines) is 1. The van der Waals surface area contributed by atoms with Crippen molar-refractivity contribution >= 4 is 0 Å². The Balaban J connectivity index is 1.88. The van der Waals surface area contributed by atoms with E-state index in [2.05, 4.69) is 11.8 Å². The van der Waals surface area contributed by atoms with E-state index in [0.717, 1.165) is 13.1 Å². The highest BCUT2D eigenvalue weighted by Gasteiger charge is 2.38. The Morgan fingerprint density at radius 1 is 1.38 bits per heavy atom. The van der Waals surface area contributed by atoms with Crippen LogP contribution >= 0.6 is 0 Å². The van der Waals surface area contributed by atoms with Crippen LogP contribution in [0.4, 0.5) is 0 Å². The van der Waals surface area contributed by atoms with Crippen LogP contribution in [-0.2, 0) is 4.74 Å². The monoisotopic (exact) mass is 226 g/mol. The number of piperidine rings is 1. The van der Waals surface area contributed by atoms with Crippen LogP contribution in [0.1, 0.15) is 39.0 Å². The molecule has 2 N–H and O–H groups in total. The van der Waals surface area contributed by atoms with E-state index in [0.29, 0.717) is 17.6 Å². The van der Waals surface area contributed by atoms with E-state index < -0.39 is 0 Å². The van der Waals surface area contributed by atoms with Gasteiger partial charge in [0.25, 0.3) is 0 Å². The molecule has 0 radical (unpaired) electrons. The van der Waals surface area contributed by atoms with E-state index in [1.54, 1.807) is 0 Å². The normalized spacial score (nSPS) is 41.4. The number of hydrogen-bond donors (Lipinski definition) is 1. The van der Waals surface area contributed by atoms with Crippen LogP contribution in [0, 0.1) is 5.41 Å². The molecule has 3 heteroatoms. The maximum Gasteiger partial charge on any atom is 0.0698 e. The van der Waals surface area contributed by atoms with Gasteiger partial charge in [-0.15, -0.1) is 0 Å². The lowest BCUT2D eigenvalue weighted by Crippen LogP contribution is -2.48. The fourth-order valence-corrected chi connectivity index (χ4v) is 3.32. The molecule has 94 valence electrons. The third kappa shape index (κ3) is 2.58. The molecule has 0 spiro atoms. The Morgan fingerprint density at radius 3 is 2.81 bits per heavy atom. The molecule has 2 fully saturated rings. The summed E-state index contributed by atoms with van der Waals surface area (Å²) in [5.74, 6) is 0. The molecular formula is C13H26N2O. The van der Waals surface area contributed by atoms with Gasteiger partial charge in [-0.3, -0.25) is 0 Å². The van der Waals surface area contributed by atoms with Crippen molar-refractivity contribution in [1.82, 2.24) is 4.90 Å². The highest BCUT2D eigenvalue weighted by atomic mass is 16.5. The average molecular weight is 226 g/mol. The molecule has 2 rings (SSSR count). The Morgan fingerprint density at radius 2 is 2.19 bits per heavy atom. The van der Waals surface area contributed by atoms with E-state index in [-0.39, 0.29) is 0 Å². The highest BCUT2D eigenvalue weighted by molar-refractivity contribution is 4.94. The summed E-state index contributed by atoms with van der Waals surface area (Å²) in [5.41, 5.74) is 6.58. The summed E-state index contributed by atoms with van der Waals surface area (Å²) in [7, 11) is 1.83. The Hall–Kier alpha value is -0.120. The van der Waals surface area contributed by atoms with Gasteiger partial charge in [-0.05, 0) is 37.6 Å². The number of ether oxygens (including phenoxy) is 1. The molecule has 3 unspecified atom stereocenters. The molecule has 0 aromatic rings. The van der Waals surface area contributed by atoms with E-state index in [1.807, 2.05) is 7.11 Å². The predicted octanol–water partition coefficient (Wildman–Crippen LogP) is 1.61. The Bertz CT molecular complexity index is 234. The van der Waals surface area contributed by atoms with Gasteiger partial charge in [0.05, 0.1) is 6.10 Å². The lowest BCUT2D eigenvalue weighted by molar-refractivity contribution is 0.0150. The molecule has 1 heterocycles. The van der Waals surface area contributed by atoms with E-state index in [1.165, 1.54) is 38.6 Å². The predicted molar refractivity (Wildman–Crippen MR) is 66.4 cm³/mol. The van der Waals surface area contributed by atoms with Gasteiger partial charge in [0.15, 0.2) is 0 Å². The molecule has 0 aromatic carbocycles. The third-order valence-corrected chi connectivity index (χ3v) is 4.54. The van der Waals surface area contributed by atoms with Crippen LogP contribution in [0.3, 0.4) is 0 Å². The van der Waals surface area contributed by atoms with Gasteiger partial charge < -0.3 is 15.4 Å². The fraction of sp³-hybridized carbons (Fsp3) is 1.00. The first-order valence-corrected chi connectivity index (χ1v) is 6.65. The molecular weight excluding hydrogens is 200 g/mol. The van der Waals surface area contributed by atoms with Gasteiger partial charge in [0.2, 0.25) is 0 Å². The topological polar surface area (TPSA) is 38.5 Å². The molecule has 3 nitrogen and oxygen atoms in total. The van der Waals surface area contributed by atoms with Crippen molar-refractivity contribution in [2.75, 3.05) is 26.7 Å². The number of rotatable bonds is 3. The van der Waals surface area contributed by atoms with Crippen LogP contribution < -0.4 is 5.73 Å². The Labute approximate surface area is 99.3 Å². The molecule has 0 bridgehead atoms. The highest BCUT2D eigenvalue weighted by Crippen LogP contribution is 2.37. The number of hydrogen-bond acceptors (Lipinski definition) is 3. The minimum absolute atomic E-state index is 0.343. The SMILES string of the molecule is COC1CCCN(CC2(C)CCCC2N)C1. The van der Waals surface area contributed by atoms with Crippen molar-refractivity contribution in [3.05, 3.63) is 0 Å². The van der Waals surface area contributed by atoms with Crippen molar-refractivity contribution in [3.63, 3.8) is 0 Å². The molecule has 1 aliphatic heterocycles. The van der Waals surface area contributed by atoms with Crippen LogP contribution in [0.5, 0.6) is 0 Å². The molecule has 3 atom stereocenters. The van der Waals surface area contributed by atoms with Crippen LogP contribution in [-0.4, -0.2) is 43.8 Å². The summed E-state index contributed by atoms with van der Waals surface area (Å²) in [6.45, 7) is 5.84. The minimum Gasteiger partial charge on any atom is -0.380 e. The van der Waals surface area contributed by atoms with Crippen molar-refractivity contribution in [1.29, 1.82) is 0 Å². The Kier molecular flexibility index (Phi) is 3.88. The molecule has 0 aromatic heterocycles. The second-order valence-corrected chi connectivity index (χ2v) is 5.89. The first-order valence-electron chi connectivity index (χ1n) is 6.65. The zero-order valence-corrected chi connectivity index (χ0v) is 10.7. The number of nitrogens with zero attached hydrogens (tertiary/aromatic N) is 1. The average Bonchev–Trinajstić information content (AvgIpc) is 2.59. The summed E-state index contributed by atoms with van der Waals surface area (Å²) < 4.78 is 5.47. The maximum atomic E-state index is 6.24. The zero-order chi connectivity index (χ0) is 11.6. The van der Waals surface area contributed by atoms with Gasteiger partial charge in [0, 0.05) is 26.2 Å². The second kappa shape index (κ2) is 5.03. The van der Waals surface area contributed by atoms with Gasteiger partial charge >= 0.3 is 0 Å². The molecule has 1 saturated heterocycles. The second-order valence-electron chi connectivity index (χ2n) is 5.89. The van der Waals surface area contributed by atoms with Gasteiger partial charge in [0.1, 0.15) is 0 Å². The van der Waals surface area contributed by atoms with Crippen molar-refractivity contribution in [2.45, 2.75) is 51.2 Å². The first kappa shape index (κ1) is 12.3. The smallest absolute Gasteiger partial charge is 0.0698 e. The summed E-state index contributed by atoms with van der Waals surface area (Å²) in [4.78, 5) is 2.56. The lowest BCUT2D eigenvalue weighted by atomic mass is 9.84. The van der Waals surface area contributed by atoms with Crippen molar-refractivity contribution in [2.24, 2.45) is 11.1 Å². The number of nitrogens with two attached hydrogens (primary N) is 1. The largest absolute Gasteiger partial charge is 0.380 e. The first-order chi connectivity index (χ1) is 7.64. The third-order valence-electron chi connectivity index (χ3n) is 4.54. The summed E-state index contributed by atoms with van der Waals surface area (Å²) in [6.07, 6.45) is 6.73. The molecule has 2 aliphatic rings. The van der Waals surface area contributed by atoms with Crippen molar-refractivity contribution in [3.8, 4) is 0 Å². The van der Waals surface area contributed by atoms with E-state index in [9.17, 15) is 0 Å². The van der Waals surface area contributed by atoms with E-state index >= 15 is 0 Å². The van der Waals surface area contributed by atoms with Crippen LogP contribution in [0.2, 0.25) is 0 Å². The molecule has 0 amide bonds. The molecule has 1 aliphatic carbocycles. The zero-order valence-electron chi connectivity index (χ0n) is 10.7. The van der Waals surface area contributed by atoms with Crippen molar-refractivity contribution < 1.29 is 4.74 Å². The number of methoxy groups -OCH3 is 1. The fourth-order valence-electron chi connectivity index (χ4n) is 3.32. The van der Waals surface area contributed by atoms with Crippen LogP contribution in [0.15, 0.2) is 0 Å². The summed E-state index contributed by atoms with van der Waals surface area (Å²) >= 11 is 0. The van der Waals surface area contributed by atoms with Gasteiger partial charge in [-0.2, -0.15) is 0 Å². The van der Waals surface area contributed by atoms with E-state index in [4.69, 9.17) is 10.5 Å². The minimum atomic E-state index is 0.343. The van der Waals surface area contributed by atoms with Gasteiger partial charge in [-0.25, -0.2) is 0 Å². The molecule has 16 heavy (non-hydrogen) atoms.